The quantitative estimate of drug-likeness (QED) is 0.576. The van der Waals surface area contributed by atoms with E-state index in [0.29, 0.717) is 11.4 Å². The van der Waals surface area contributed by atoms with E-state index in [4.69, 9.17) is 4.42 Å². The summed E-state index contributed by atoms with van der Waals surface area (Å²) in [6, 6.07) is 9.51. The molecule has 0 spiro atoms. The van der Waals surface area contributed by atoms with Gasteiger partial charge in [0.1, 0.15) is 17.4 Å². The first-order chi connectivity index (χ1) is 12.5. The Hall–Kier alpha value is -2.52. The largest absolute Gasteiger partial charge is 0.440 e. The van der Waals surface area contributed by atoms with Crippen LogP contribution in [0.5, 0.6) is 0 Å². The van der Waals surface area contributed by atoms with E-state index in [1.807, 2.05) is 38.1 Å². The summed E-state index contributed by atoms with van der Waals surface area (Å²) in [5.74, 6) is 0.777. The van der Waals surface area contributed by atoms with Crippen LogP contribution in [0.25, 0.3) is 6.08 Å². The Labute approximate surface area is 161 Å². The number of carbonyl (C=O) groups excluding carboxylic acids is 1. The van der Waals surface area contributed by atoms with Crippen LogP contribution in [0.2, 0.25) is 0 Å². The fourth-order valence-corrected chi connectivity index (χ4v) is 3.68. The molecule has 0 atom stereocenters. The summed E-state index contributed by atoms with van der Waals surface area (Å²) in [7, 11) is 0. The average molecular weight is 414 g/mol. The number of carbonyl (C=O) groups is 1. The summed E-state index contributed by atoms with van der Waals surface area (Å²) in [6.07, 6.45) is 3.75. The number of rotatable bonds is 4. The Balaban J connectivity index is 1.80. The van der Waals surface area contributed by atoms with E-state index in [9.17, 15) is 10.1 Å². The standard InChI is InChI=1S/C20H20BrN3O2/c1-13-7-14(2)9-16(8-13)23-19(25)15(12-22)10-17-11-18(21)20(26-17)24-5-3-4-6-24/h7-11H,3-6H2,1-2H3,(H,23,25)/b15-10-. The van der Waals surface area contributed by atoms with Gasteiger partial charge in [-0.25, -0.2) is 0 Å². The SMILES string of the molecule is Cc1cc(C)cc(NC(=O)/C(C#N)=C\c2cc(Br)c(N3CCCC3)o2)c1. The van der Waals surface area contributed by atoms with Crippen molar-refractivity contribution in [2.45, 2.75) is 26.7 Å². The van der Waals surface area contributed by atoms with E-state index >= 15 is 0 Å². The number of nitriles is 1. The lowest BCUT2D eigenvalue weighted by atomic mass is 10.1. The summed E-state index contributed by atoms with van der Waals surface area (Å²) in [6.45, 7) is 5.83. The third kappa shape index (κ3) is 4.17. The molecule has 2 aromatic rings. The van der Waals surface area contributed by atoms with Crippen molar-refractivity contribution in [2.24, 2.45) is 0 Å². The van der Waals surface area contributed by atoms with Crippen molar-refractivity contribution in [3.8, 4) is 6.07 Å². The molecule has 5 nitrogen and oxygen atoms in total. The second-order valence-corrected chi connectivity index (χ2v) is 7.35. The monoisotopic (exact) mass is 413 g/mol. The van der Waals surface area contributed by atoms with Gasteiger partial charge in [-0.1, -0.05) is 6.07 Å². The Morgan fingerprint density at radius 1 is 1.23 bits per heavy atom. The predicted octanol–water partition coefficient (Wildman–Crippen LogP) is 4.80. The first-order valence-corrected chi connectivity index (χ1v) is 9.31. The number of halogens is 1. The number of nitrogens with zero attached hydrogens (tertiary/aromatic N) is 2. The van der Waals surface area contributed by atoms with Crippen LogP contribution >= 0.6 is 15.9 Å². The maximum absolute atomic E-state index is 12.5. The summed E-state index contributed by atoms with van der Waals surface area (Å²) >= 11 is 3.50. The number of anilines is 2. The van der Waals surface area contributed by atoms with E-state index in [-0.39, 0.29) is 5.57 Å². The smallest absolute Gasteiger partial charge is 0.266 e. The maximum atomic E-state index is 12.5. The molecule has 1 aliphatic rings. The van der Waals surface area contributed by atoms with Gasteiger partial charge in [-0.3, -0.25) is 4.79 Å². The Morgan fingerprint density at radius 2 is 1.88 bits per heavy atom. The molecule has 1 aromatic carbocycles. The van der Waals surface area contributed by atoms with Crippen LogP contribution in [-0.4, -0.2) is 19.0 Å². The van der Waals surface area contributed by atoms with Gasteiger partial charge in [-0.2, -0.15) is 5.26 Å². The second-order valence-electron chi connectivity index (χ2n) is 6.50. The Morgan fingerprint density at radius 3 is 2.50 bits per heavy atom. The molecule has 1 saturated heterocycles. The van der Waals surface area contributed by atoms with Crippen LogP contribution in [0.15, 0.2) is 38.7 Å². The van der Waals surface area contributed by atoms with Crippen LogP contribution in [0.4, 0.5) is 11.6 Å². The predicted molar refractivity (Wildman–Crippen MR) is 106 cm³/mol. The minimum Gasteiger partial charge on any atom is -0.440 e. The molecular weight excluding hydrogens is 394 g/mol. The second kappa shape index (κ2) is 7.79. The van der Waals surface area contributed by atoms with Crippen molar-refractivity contribution >= 4 is 39.5 Å². The molecule has 0 radical (unpaired) electrons. The van der Waals surface area contributed by atoms with Crippen LogP contribution in [0.3, 0.4) is 0 Å². The minimum absolute atomic E-state index is 0.00150. The van der Waals surface area contributed by atoms with Gasteiger partial charge in [0.15, 0.2) is 0 Å². The van der Waals surface area contributed by atoms with Gasteiger partial charge < -0.3 is 14.6 Å². The van der Waals surface area contributed by atoms with Crippen molar-refractivity contribution in [2.75, 3.05) is 23.3 Å². The number of hydrogen-bond acceptors (Lipinski definition) is 4. The fraction of sp³-hybridized carbons (Fsp3) is 0.300. The van der Waals surface area contributed by atoms with Gasteiger partial charge in [-0.05, 0) is 65.9 Å². The number of nitrogens with one attached hydrogen (secondary N) is 1. The number of hydrogen-bond donors (Lipinski definition) is 1. The summed E-state index contributed by atoms with van der Waals surface area (Å²) in [4.78, 5) is 14.6. The molecule has 1 aromatic heterocycles. The molecule has 0 saturated carbocycles. The highest BCUT2D eigenvalue weighted by Gasteiger charge is 2.20. The third-order valence-electron chi connectivity index (χ3n) is 4.21. The average Bonchev–Trinajstić information content (AvgIpc) is 3.20. The van der Waals surface area contributed by atoms with Gasteiger partial charge in [0, 0.05) is 30.9 Å². The zero-order valence-corrected chi connectivity index (χ0v) is 16.4. The topological polar surface area (TPSA) is 69.3 Å². The lowest BCUT2D eigenvalue weighted by Crippen LogP contribution is -2.17. The fourth-order valence-electron chi connectivity index (χ4n) is 3.12. The van der Waals surface area contributed by atoms with Crippen molar-refractivity contribution < 1.29 is 9.21 Å². The molecule has 6 heteroatoms. The van der Waals surface area contributed by atoms with E-state index in [0.717, 1.165) is 47.4 Å². The number of furan rings is 1. The Bertz CT molecular complexity index is 882. The van der Waals surface area contributed by atoms with Gasteiger partial charge in [0.2, 0.25) is 5.88 Å². The van der Waals surface area contributed by atoms with E-state index in [1.54, 1.807) is 6.07 Å². The highest BCUT2D eigenvalue weighted by molar-refractivity contribution is 9.10. The van der Waals surface area contributed by atoms with Crippen molar-refractivity contribution in [1.29, 1.82) is 5.26 Å². The molecule has 1 amide bonds. The molecule has 1 N–H and O–H groups in total. The molecule has 1 aliphatic heterocycles. The molecule has 2 heterocycles. The van der Waals surface area contributed by atoms with Crippen molar-refractivity contribution in [3.63, 3.8) is 0 Å². The summed E-state index contributed by atoms with van der Waals surface area (Å²) in [5, 5.41) is 12.2. The molecule has 0 bridgehead atoms. The van der Waals surface area contributed by atoms with Crippen LogP contribution in [-0.2, 0) is 4.79 Å². The zero-order chi connectivity index (χ0) is 18.7. The van der Waals surface area contributed by atoms with Gasteiger partial charge >= 0.3 is 0 Å². The zero-order valence-electron chi connectivity index (χ0n) is 14.8. The van der Waals surface area contributed by atoms with Gasteiger partial charge in [0.25, 0.3) is 5.91 Å². The first kappa shape index (κ1) is 18.3. The molecular formula is C20H20BrN3O2. The van der Waals surface area contributed by atoms with Gasteiger partial charge in [-0.15, -0.1) is 0 Å². The lowest BCUT2D eigenvalue weighted by molar-refractivity contribution is -0.112. The highest BCUT2D eigenvalue weighted by Crippen LogP contribution is 2.33. The van der Waals surface area contributed by atoms with Crippen LogP contribution in [0, 0.1) is 25.2 Å². The Kier molecular flexibility index (Phi) is 5.48. The number of benzene rings is 1. The minimum atomic E-state index is -0.451. The van der Waals surface area contributed by atoms with Crippen molar-refractivity contribution in [3.05, 3.63) is 51.2 Å². The normalized spacial score (nSPS) is 14.4. The molecule has 3 rings (SSSR count). The molecule has 0 unspecified atom stereocenters. The highest BCUT2D eigenvalue weighted by atomic mass is 79.9. The third-order valence-corrected chi connectivity index (χ3v) is 4.78. The lowest BCUT2D eigenvalue weighted by Gasteiger charge is -2.13. The molecule has 134 valence electrons. The molecule has 1 fully saturated rings. The first-order valence-electron chi connectivity index (χ1n) is 8.52. The van der Waals surface area contributed by atoms with E-state index < -0.39 is 5.91 Å². The van der Waals surface area contributed by atoms with E-state index in [1.165, 1.54) is 6.08 Å². The van der Waals surface area contributed by atoms with Gasteiger partial charge in [0.05, 0.1) is 4.47 Å². The van der Waals surface area contributed by atoms with E-state index in [2.05, 4.69) is 26.1 Å². The number of aryl methyl sites for hydroxylation is 2. The molecule has 26 heavy (non-hydrogen) atoms. The summed E-state index contributed by atoms with van der Waals surface area (Å²) in [5.41, 5.74) is 2.77. The van der Waals surface area contributed by atoms with Crippen molar-refractivity contribution in [1.82, 2.24) is 0 Å². The summed E-state index contributed by atoms with van der Waals surface area (Å²) < 4.78 is 6.67. The maximum Gasteiger partial charge on any atom is 0.266 e. The van der Waals surface area contributed by atoms with Crippen LogP contribution in [0.1, 0.15) is 29.7 Å². The number of amides is 1. The molecule has 0 aliphatic carbocycles. The van der Waals surface area contributed by atoms with Crippen LogP contribution < -0.4 is 10.2 Å².